The van der Waals surface area contributed by atoms with Gasteiger partial charge in [0.25, 0.3) is 0 Å². The lowest BCUT2D eigenvalue weighted by Gasteiger charge is -2.27. The average molecular weight is 383 g/mol. The van der Waals surface area contributed by atoms with Crippen molar-refractivity contribution in [1.29, 1.82) is 5.26 Å². The van der Waals surface area contributed by atoms with Crippen LogP contribution in [-0.4, -0.2) is 18.4 Å². The molecule has 0 N–H and O–H groups in total. The van der Waals surface area contributed by atoms with Crippen molar-refractivity contribution in [2.24, 2.45) is 0 Å². The van der Waals surface area contributed by atoms with E-state index in [2.05, 4.69) is 6.07 Å². The maximum absolute atomic E-state index is 13.3. The van der Waals surface area contributed by atoms with E-state index in [-0.39, 0.29) is 18.4 Å². The van der Waals surface area contributed by atoms with Gasteiger partial charge in [-0.2, -0.15) is 5.26 Å². The SMILES string of the molecule is CC(=O)N(CC(=O)N(Cc1ccccc1)c1ccccc1)c1cccc(C#N)c1. The highest BCUT2D eigenvalue weighted by Crippen LogP contribution is 2.20. The van der Waals surface area contributed by atoms with Gasteiger partial charge in [0.05, 0.1) is 18.2 Å². The van der Waals surface area contributed by atoms with Crippen molar-refractivity contribution in [2.45, 2.75) is 13.5 Å². The van der Waals surface area contributed by atoms with Gasteiger partial charge in [-0.1, -0.05) is 54.6 Å². The minimum absolute atomic E-state index is 0.119. The normalized spacial score (nSPS) is 10.1. The Hall–Kier alpha value is -3.91. The fourth-order valence-electron chi connectivity index (χ4n) is 3.05. The first-order chi connectivity index (χ1) is 14.1. The topological polar surface area (TPSA) is 64.4 Å². The van der Waals surface area contributed by atoms with E-state index >= 15 is 0 Å². The third kappa shape index (κ3) is 5.08. The largest absolute Gasteiger partial charge is 0.306 e. The first kappa shape index (κ1) is 19.8. The van der Waals surface area contributed by atoms with Crippen LogP contribution in [0.1, 0.15) is 18.1 Å². The highest BCUT2D eigenvalue weighted by Gasteiger charge is 2.22. The third-order valence-electron chi connectivity index (χ3n) is 4.51. The van der Waals surface area contributed by atoms with Crippen molar-refractivity contribution >= 4 is 23.2 Å². The number of benzene rings is 3. The third-order valence-corrected chi connectivity index (χ3v) is 4.51. The minimum Gasteiger partial charge on any atom is -0.306 e. The van der Waals surface area contributed by atoms with E-state index in [9.17, 15) is 9.59 Å². The first-order valence-electron chi connectivity index (χ1n) is 9.26. The Morgan fingerprint density at radius 3 is 2.07 bits per heavy atom. The van der Waals surface area contributed by atoms with Crippen LogP contribution in [0.4, 0.5) is 11.4 Å². The predicted molar refractivity (Wildman–Crippen MR) is 113 cm³/mol. The zero-order chi connectivity index (χ0) is 20.6. The number of carbonyl (C=O) groups excluding carboxylic acids is 2. The molecule has 0 aromatic heterocycles. The summed E-state index contributed by atoms with van der Waals surface area (Å²) in [4.78, 5) is 28.6. The standard InChI is InChI=1S/C24H21N3O2/c1-19(28)26(23-14-8-11-21(15-23)16-25)18-24(29)27(22-12-6-3-7-13-22)17-20-9-4-2-5-10-20/h2-15H,17-18H2,1H3. The van der Waals surface area contributed by atoms with Crippen molar-refractivity contribution in [3.05, 3.63) is 96.1 Å². The Morgan fingerprint density at radius 1 is 0.828 bits per heavy atom. The van der Waals surface area contributed by atoms with Crippen LogP contribution in [0.2, 0.25) is 0 Å². The monoisotopic (exact) mass is 383 g/mol. The predicted octanol–water partition coefficient (Wildman–Crippen LogP) is 4.14. The molecule has 3 rings (SSSR count). The van der Waals surface area contributed by atoms with Crippen LogP contribution in [0, 0.1) is 11.3 Å². The van der Waals surface area contributed by atoms with Crippen molar-refractivity contribution < 1.29 is 9.59 Å². The van der Waals surface area contributed by atoms with E-state index in [1.807, 2.05) is 60.7 Å². The van der Waals surface area contributed by atoms with Crippen LogP contribution in [0.25, 0.3) is 0 Å². The summed E-state index contributed by atoms with van der Waals surface area (Å²) in [6.45, 7) is 1.69. The van der Waals surface area contributed by atoms with E-state index < -0.39 is 0 Å². The van der Waals surface area contributed by atoms with Crippen molar-refractivity contribution in [3.8, 4) is 6.07 Å². The molecular weight excluding hydrogens is 362 g/mol. The molecule has 3 aromatic carbocycles. The van der Waals surface area contributed by atoms with Gasteiger partial charge in [0, 0.05) is 18.3 Å². The minimum atomic E-state index is -0.263. The molecule has 5 nitrogen and oxygen atoms in total. The summed E-state index contributed by atoms with van der Waals surface area (Å²) in [5.74, 6) is -0.473. The van der Waals surface area contributed by atoms with Gasteiger partial charge in [-0.3, -0.25) is 9.59 Å². The van der Waals surface area contributed by atoms with Gasteiger partial charge in [-0.05, 0) is 35.9 Å². The fourth-order valence-corrected chi connectivity index (χ4v) is 3.05. The fraction of sp³-hybridized carbons (Fsp3) is 0.125. The van der Waals surface area contributed by atoms with Gasteiger partial charge in [0.15, 0.2) is 0 Å². The second kappa shape index (κ2) is 9.34. The maximum Gasteiger partial charge on any atom is 0.247 e. The number of nitrogens with zero attached hydrogens (tertiary/aromatic N) is 3. The molecule has 0 bridgehead atoms. The number of para-hydroxylation sites is 1. The molecule has 0 unspecified atom stereocenters. The number of rotatable bonds is 6. The quantitative estimate of drug-likeness (QED) is 0.642. The lowest BCUT2D eigenvalue weighted by atomic mass is 10.1. The highest BCUT2D eigenvalue weighted by atomic mass is 16.2. The van der Waals surface area contributed by atoms with Gasteiger partial charge in [0.1, 0.15) is 6.54 Å². The lowest BCUT2D eigenvalue weighted by Crippen LogP contribution is -2.42. The Kier molecular flexibility index (Phi) is 6.39. The van der Waals surface area contributed by atoms with E-state index in [0.717, 1.165) is 11.3 Å². The molecule has 0 heterocycles. The molecule has 5 heteroatoms. The van der Waals surface area contributed by atoms with Gasteiger partial charge in [0.2, 0.25) is 11.8 Å². The molecule has 2 amide bonds. The first-order valence-corrected chi connectivity index (χ1v) is 9.26. The summed E-state index contributed by atoms with van der Waals surface area (Å²) in [5.41, 5.74) is 2.71. The molecule has 0 saturated heterocycles. The maximum atomic E-state index is 13.3. The molecule has 0 radical (unpaired) electrons. The van der Waals surface area contributed by atoms with Crippen molar-refractivity contribution in [2.75, 3.05) is 16.3 Å². The van der Waals surface area contributed by atoms with E-state index in [0.29, 0.717) is 17.8 Å². The molecule has 0 saturated carbocycles. The second-order valence-corrected chi connectivity index (χ2v) is 6.57. The van der Waals surface area contributed by atoms with Crippen LogP contribution < -0.4 is 9.80 Å². The smallest absolute Gasteiger partial charge is 0.247 e. The Balaban J connectivity index is 1.89. The van der Waals surface area contributed by atoms with Crippen LogP contribution >= 0.6 is 0 Å². The van der Waals surface area contributed by atoms with Crippen molar-refractivity contribution in [1.82, 2.24) is 0 Å². The lowest BCUT2D eigenvalue weighted by molar-refractivity contribution is -0.121. The molecule has 3 aromatic rings. The number of carbonyl (C=O) groups is 2. The van der Waals surface area contributed by atoms with Gasteiger partial charge in [-0.25, -0.2) is 0 Å². The molecule has 0 fully saturated rings. The Bertz CT molecular complexity index is 1030. The van der Waals surface area contributed by atoms with E-state index in [1.54, 1.807) is 29.2 Å². The van der Waals surface area contributed by atoms with Crippen LogP contribution in [0.5, 0.6) is 0 Å². The molecule has 0 aliphatic rings. The van der Waals surface area contributed by atoms with Gasteiger partial charge < -0.3 is 9.80 Å². The highest BCUT2D eigenvalue weighted by molar-refractivity contribution is 6.03. The summed E-state index contributed by atoms with van der Waals surface area (Å²) in [7, 11) is 0. The average Bonchev–Trinajstić information content (AvgIpc) is 2.76. The zero-order valence-corrected chi connectivity index (χ0v) is 16.2. The molecule has 0 atom stereocenters. The van der Waals surface area contributed by atoms with Crippen molar-refractivity contribution in [3.63, 3.8) is 0 Å². The number of amides is 2. The summed E-state index contributed by atoms with van der Waals surface area (Å²) < 4.78 is 0. The summed E-state index contributed by atoms with van der Waals surface area (Å²) >= 11 is 0. The van der Waals surface area contributed by atoms with E-state index in [4.69, 9.17) is 5.26 Å². The molecule has 29 heavy (non-hydrogen) atoms. The molecule has 144 valence electrons. The molecule has 0 spiro atoms. The molecular formula is C24H21N3O2. The summed E-state index contributed by atoms with van der Waals surface area (Å²) in [6, 6.07) is 27.8. The van der Waals surface area contributed by atoms with Crippen LogP contribution in [-0.2, 0) is 16.1 Å². The number of hydrogen-bond acceptors (Lipinski definition) is 3. The van der Waals surface area contributed by atoms with E-state index in [1.165, 1.54) is 11.8 Å². The zero-order valence-electron chi connectivity index (χ0n) is 16.2. The van der Waals surface area contributed by atoms with Crippen LogP contribution in [0.3, 0.4) is 0 Å². The molecule has 0 aliphatic carbocycles. The molecule has 0 aliphatic heterocycles. The number of anilines is 2. The van der Waals surface area contributed by atoms with Gasteiger partial charge in [-0.15, -0.1) is 0 Å². The van der Waals surface area contributed by atoms with Crippen LogP contribution in [0.15, 0.2) is 84.9 Å². The second-order valence-electron chi connectivity index (χ2n) is 6.57. The Morgan fingerprint density at radius 2 is 1.45 bits per heavy atom. The van der Waals surface area contributed by atoms with Gasteiger partial charge >= 0.3 is 0 Å². The number of nitriles is 1. The Labute approximate surface area is 170 Å². The summed E-state index contributed by atoms with van der Waals surface area (Å²) in [6.07, 6.45) is 0. The number of hydrogen-bond donors (Lipinski definition) is 0. The summed E-state index contributed by atoms with van der Waals surface area (Å²) in [5, 5.41) is 9.14.